The van der Waals surface area contributed by atoms with Crippen molar-refractivity contribution in [3.05, 3.63) is 11.9 Å². The lowest BCUT2D eigenvalue weighted by Crippen LogP contribution is -2.28. The zero-order valence-corrected chi connectivity index (χ0v) is 7.04. The second kappa shape index (κ2) is 2.26. The molecule has 3 nitrogen and oxygen atoms in total. The largest absolute Gasteiger partial charge is 0.345 e. The number of aromatic nitrogens is 2. The normalized spacial score (nSPS) is 16.7. The topological polar surface area (TPSA) is 21.1 Å². The first-order chi connectivity index (χ1) is 5.29. The summed E-state index contributed by atoms with van der Waals surface area (Å²) in [6.45, 7) is 4.37. The van der Waals surface area contributed by atoms with E-state index in [4.69, 9.17) is 0 Å². The van der Waals surface area contributed by atoms with E-state index < -0.39 is 0 Å². The first-order valence-electron chi connectivity index (χ1n) is 4.02. The average Bonchev–Trinajstić information content (AvgIpc) is 2.35. The number of fused-ring (bicyclic) bond motifs is 1. The minimum Gasteiger partial charge on any atom is -0.345 e. The summed E-state index contributed by atoms with van der Waals surface area (Å²) in [6.07, 6.45) is 3.18. The Balaban J connectivity index is 2.46. The minimum atomic E-state index is 1.12. The molecule has 0 aliphatic carbocycles. The summed E-state index contributed by atoms with van der Waals surface area (Å²) in [7, 11) is 2.09. The number of rotatable bonds is 0. The molecule has 0 radical (unpaired) electrons. The summed E-state index contributed by atoms with van der Waals surface area (Å²) in [5, 5.41) is 0. The van der Waals surface area contributed by atoms with Crippen LogP contribution in [0.3, 0.4) is 0 Å². The van der Waals surface area contributed by atoms with Crippen molar-refractivity contribution in [3.8, 4) is 0 Å². The van der Waals surface area contributed by atoms with Crippen molar-refractivity contribution in [2.24, 2.45) is 0 Å². The summed E-state index contributed by atoms with van der Waals surface area (Å²) in [4.78, 5) is 6.53. The number of anilines is 1. The van der Waals surface area contributed by atoms with Crippen molar-refractivity contribution >= 4 is 5.95 Å². The van der Waals surface area contributed by atoms with Crippen LogP contribution in [0.25, 0.3) is 0 Å². The molecule has 0 atom stereocenters. The predicted octanol–water partition coefficient (Wildman–Crippen LogP) is 1.03. The molecule has 0 spiro atoms. The molecular formula is C8H13N3. The second-order valence-corrected chi connectivity index (χ2v) is 3.13. The van der Waals surface area contributed by atoms with Gasteiger partial charge in [0, 0.05) is 25.8 Å². The number of nitrogens with zero attached hydrogens (tertiary/aromatic N) is 3. The number of imidazole rings is 1. The lowest BCUT2D eigenvalue weighted by atomic mass is 10.3. The van der Waals surface area contributed by atoms with Crippen molar-refractivity contribution in [1.82, 2.24) is 9.55 Å². The molecule has 3 heteroatoms. The highest BCUT2D eigenvalue weighted by Crippen LogP contribution is 2.18. The van der Waals surface area contributed by atoms with Gasteiger partial charge in [0.05, 0.1) is 6.20 Å². The predicted molar refractivity (Wildman–Crippen MR) is 44.9 cm³/mol. The summed E-state index contributed by atoms with van der Waals surface area (Å²) >= 11 is 0. The molecule has 1 aromatic heterocycles. The lowest BCUT2D eigenvalue weighted by Gasteiger charge is -2.25. The molecule has 0 saturated heterocycles. The zero-order valence-electron chi connectivity index (χ0n) is 7.04. The molecule has 0 amide bonds. The van der Waals surface area contributed by atoms with E-state index in [0.29, 0.717) is 0 Å². The molecule has 0 aromatic carbocycles. The summed E-state index contributed by atoms with van der Waals surface area (Å²) in [5.41, 5.74) is 1.27. The van der Waals surface area contributed by atoms with Crippen molar-refractivity contribution in [1.29, 1.82) is 0 Å². The van der Waals surface area contributed by atoms with E-state index in [1.807, 2.05) is 6.20 Å². The van der Waals surface area contributed by atoms with Crippen LogP contribution in [-0.4, -0.2) is 23.1 Å². The molecule has 0 bridgehead atoms. The van der Waals surface area contributed by atoms with Crippen molar-refractivity contribution < 1.29 is 0 Å². The third kappa shape index (κ3) is 0.914. The molecule has 60 valence electrons. The number of hydrogen-bond donors (Lipinski definition) is 0. The lowest BCUT2D eigenvalue weighted by molar-refractivity contribution is 0.570. The first-order valence-corrected chi connectivity index (χ1v) is 4.02. The molecule has 0 N–H and O–H groups in total. The molecule has 0 saturated carbocycles. The van der Waals surface area contributed by atoms with Gasteiger partial charge in [-0.05, 0) is 13.3 Å². The Labute approximate surface area is 66.6 Å². The SMILES string of the molecule is Cc1cnc2n1CCCN2C. The Morgan fingerprint density at radius 1 is 1.45 bits per heavy atom. The van der Waals surface area contributed by atoms with Crippen LogP contribution in [0.15, 0.2) is 6.20 Å². The van der Waals surface area contributed by atoms with E-state index >= 15 is 0 Å². The molecule has 2 heterocycles. The summed E-state index contributed by atoms with van der Waals surface area (Å²) in [6, 6.07) is 0. The maximum atomic E-state index is 4.33. The highest BCUT2D eigenvalue weighted by atomic mass is 15.3. The third-order valence-electron chi connectivity index (χ3n) is 2.25. The van der Waals surface area contributed by atoms with Crippen LogP contribution in [-0.2, 0) is 6.54 Å². The van der Waals surface area contributed by atoms with E-state index in [1.165, 1.54) is 12.1 Å². The zero-order chi connectivity index (χ0) is 7.84. The standard InChI is InChI=1S/C8H13N3/c1-7-6-9-8-10(2)4-3-5-11(7)8/h6H,3-5H2,1-2H3. The van der Waals surface area contributed by atoms with Gasteiger partial charge in [-0.15, -0.1) is 0 Å². The fourth-order valence-corrected chi connectivity index (χ4v) is 1.60. The van der Waals surface area contributed by atoms with Crippen LogP contribution >= 0.6 is 0 Å². The number of aryl methyl sites for hydroxylation is 1. The van der Waals surface area contributed by atoms with Crippen LogP contribution in [0.1, 0.15) is 12.1 Å². The fraction of sp³-hybridized carbons (Fsp3) is 0.625. The average molecular weight is 151 g/mol. The Hall–Kier alpha value is -0.990. The van der Waals surface area contributed by atoms with Gasteiger partial charge in [0.25, 0.3) is 0 Å². The van der Waals surface area contributed by atoms with Gasteiger partial charge in [0.2, 0.25) is 5.95 Å². The second-order valence-electron chi connectivity index (χ2n) is 3.13. The Kier molecular flexibility index (Phi) is 1.37. The summed E-state index contributed by atoms with van der Waals surface area (Å²) in [5.74, 6) is 1.12. The van der Waals surface area contributed by atoms with E-state index in [-0.39, 0.29) is 0 Å². The van der Waals surface area contributed by atoms with E-state index in [0.717, 1.165) is 19.0 Å². The monoisotopic (exact) mass is 151 g/mol. The molecule has 1 aliphatic heterocycles. The van der Waals surface area contributed by atoms with Gasteiger partial charge in [-0.3, -0.25) is 0 Å². The quantitative estimate of drug-likeness (QED) is 0.552. The third-order valence-corrected chi connectivity index (χ3v) is 2.25. The highest BCUT2D eigenvalue weighted by Gasteiger charge is 2.15. The molecular weight excluding hydrogens is 138 g/mol. The van der Waals surface area contributed by atoms with Crippen LogP contribution in [0.2, 0.25) is 0 Å². The fourth-order valence-electron chi connectivity index (χ4n) is 1.60. The Morgan fingerprint density at radius 3 is 3.00 bits per heavy atom. The van der Waals surface area contributed by atoms with Gasteiger partial charge in [-0.1, -0.05) is 0 Å². The maximum absolute atomic E-state index is 4.33. The van der Waals surface area contributed by atoms with Crippen molar-refractivity contribution in [2.75, 3.05) is 18.5 Å². The smallest absolute Gasteiger partial charge is 0.205 e. The van der Waals surface area contributed by atoms with Gasteiger partial charge in [-0.25, -0.2) is 4.98 Å². The van der Waals surface area contributed by atoms with E-state index in [2.05, 4.69) is 28.4 Å². The van der Waals surface area contributed by atoms with Gasteiger partial charge in [0.15, 0.2) is 0 Å². The molecule has 0 unspecified atom stereocenters. The van der Waals surface area contributed by atoms with Crippen LogP contribution in [0.5, 0.6) is 0 Å². The Bertz CT molecular complexity index is 264. The summed E-state index contributed by atoms with van der Waals surface area (Å²) < 4.78 is 2.27. The van der Waals surface area contributed by atoms with E-state index in [9.17, 15) is 0 Å². The molecule has 2 rings (SSSR count). The van der Waals surface area contributed by atoms with E-state index in [1.54, 1.807) is 0 Å². The molecule has 1 aliphatic rings. The van der Waals surface area contributed by atoms with Gasteiger partial charge in [0.1, 0.15) is 0 Å². The molecule has 1 aromatic rings. The number of hydrogen-bond acceptors (Lipinski definition) is 2. The highest BCUT2D eigenvalue weighted by molar-refractivity contribution is 5.33. The van der Waals surface area contributed by atoms with Gasteiger partial charge in [-0.2, -0.15) is 0 Å². The van der Waals surface area contributed by atoms with Crippen molar-refractivity contribution in [2.45, 2.75) is 19.9 Å². The molecule has 0 fully saturated rings. The first kappa shape index (κ1) is 6.70. The Morgan fingerprint density at radius 2 is 2.27 bits per heavy atom. The van der Waals surface area contributed by atoms with Crippen molar-refractivity contribution in [3.63, 3.8) is 0 Å². The van der Waals surface area contributed by atoms with Crippen LogP contribution < -0.4 is 4.90 Å². The van der Waals surface area contributed by atoms with Crippen LogP contribution in [0.4, 0.5) is 5.95 Å². The molecule has 11 heavy (non-hydrogen) atoms. The minimum absolute atomic E-state index is 1.12. The van der Waals surface area contributed by atoms with Crippen LogP contribution in [0, 0.1) is 6.92 Å². The van der Waals surface area contributed by atoms with Gasteiger partial charge < -0.3 is 9.47 Å². The maximum Gasteiger partial charge on any atom is 0.205 e. The van der Waals surface area contributed by atoms with Gasteiger partial charge >= 0.3 is 0 Å².